The van der Waals surface area contributed by atoms with Gasteiger partial charge in [0.2, 0.25) is 0 Å². The zero-order valence-corrected chi connectivity index (χ0v) is 11.3. The molecule has 1 unspecified atom stereocenters. The minimum atomic E-state index is -0.281. The Bertz CT molecular complexity index is 206. The van der Waals surface area contributed by atoms with E-state index in [1.165, 1.54) is 0 Å². The van der Waals surface area contributed by atoms with Crippen LogP contribution in [0.2, 0.25) is 0 Å². The Hall–Kier alpha value is -0.610. The summed E-state index contributed by atoms with van der Waals surface area (Å²) in [4.78, 5) is 11.3. The fourth-order valence-electron chi connectivity index (χ4n) is 1.83. The monoisotopic (exact) mass is 246 g/mol. The van der Waals surface area contributed by atoms with E-state index in [9.17, 15) is 4.79 Å². The second kappa shape index (κ2) is 9.42. The van der Waals surface area contributed by atoms with Gasteiger partial charge in [0.05, 0.1) is 12.2 Å². The molecule has 0 aromatic carbocycles. The zero-order valence-electron chi connectivity index (χ0n) is 11.3. The van der Waals surface area contributed by atoms with E-state index in [0.29, 0.717) is 26.1 Å². The fraction of sp³-hybridized carbons (Fsp3) is 0.923. The molecule has 0 rings (SSSR count). The molecule has 0 aromatic heterocycles. The van der Waals surface area contributed by atoms with Gasteiger partial charge in [-0.1, -0.05) is 0 Å². The topological polar surface area (TPSA) is 55.8 Å². The summed E-state index contributed by atoms with van der Waals surface area (Å²) < 4.78 is 10.6. The molecular weight excluding hydrogens is 220 g/mol. The first-order chi connectivity index (χ1) is 8.08. The van der Waals surface area contributed by atoms with E-state index in [2.05, 4.69) is 0 Å². The van der Waals surface area contributed by atoms with Gasteiger partial charge in [-0.2, -0.15) is 0 Å². The maximum Gasteiger partial charge on any atom is 0.305 e. The number of esters is 1. The molecule has 0 saturated carbocycles. The molecule has 4 heteroatoms. The highest BCUT2D eigenvalue weighted by Gasteiger charge is 2.25. The fourth-order valence-corrected chi connectivity index (χ4v) is 1.83. The van der Waals surface area contributed by atoms with Gasteiger partial charge in [-0.05, 0) is 46.5 Å². The lowest BCUT2D eigenvalue weighted by Crippen LogP contribution is -2.30. The van der Waals surface area contributed by atoms with Crippen molar-refractivity contribution in [1.29, 1.82) is 0 Å². The average Bonchev–Trinajstić information content (AvgIpc) is 2.28. The van der Waals surface area contributed by atoms with E-state index in [0.717, 1.165) is 19.3 Å². The molecule has 1 atom stereocenters. The Morgan fingerprint density at radius 1 is 1.18 bits per heavy atom. The predicted molar refractivity (Wildman–Crippen MR) is 66.8 cm³/mol. The molecule has 4 nitrogen and oxygen atoms in total. The SMILES string of the molecule is CCOC(=O)CCC(C)(CCCCO)OCC. The van der Waals surface area contributed by atoms with Gasteiger partial charge in [0.15, 0.2) is 0 Å². The first kappa shape index (κ1) is 16.4. The van der Waals surface area contributed by atoms with Crippen LogP contribution >= 0.6 is 0 Å². The molecule has 102 valence electrons. The summed E-state index contributed by atoms with van der Waals surface area (Å²) in [6.07, 6.45) is 3.62. The maximum atomic E-state index is 11.3. The van der Waals surface area contributed by atoms with Crippen LogP contribution < -0.4 is 0 Å². The molecule has 0 radical (unpaired) electrons. The summed E-state index contributed by atoms with van der Waals surface area (Å²) in [5.41, 5.74) is -0.281. The van der Waals surface area contributed by atoms with E-state index in [1.807, 2.05) is 13.8 Å². The normalized spacial score (nSPS) is 14.4. The number of rotatable bonds is 10. The van der Waals surface area contributed by atoms with Gasteiger partial charge < -0.3 is 14.6 Å². The molecular formula is C13H26O4. The first-order valence-electron chi connectivity index (χ1n) is 6.48. The van der Waals surface area contributed by atoms with Gasteiger partial charge in [-0.3, -0.25) is 4.79 Å². The van der Waals surface area contributed by atoms with Gasteiger partial charge in [-0.15, -0.1) is 0 Å². The van der Waals surface area contributed by atoms with Crippen molar-refractivity contribution in [1.82, 2.24) is 0 Å². The Labute approximate surface area is 104 Å². The minimum absolute atomic E-state index is 0.166. The van der Waals surface area contributed by atoms with E-state index >= 15 is 0 Å². The van der Waals surface area contributed by atoms with Crippen LogP contribution in [0.3, 0.4) is 0 Å². The maximum absolute atomic E-state index is 11.3. The van der Waals surface area contributed by atoms with Gasteiger partial charge in [0.1, 0.15) is 0 Å². The molecule has 0 spiro atoms. The van der Waals surface area contributed by atoms with Gasteiger partial charge in [-0.25, -0.2) is 0 Å². The van der Waals surface area contributed by atoms with Crippen molar-refractivity contribution in [3.05, 3.63) is 0 Å². The van der Waals surface area contributed by atoms with Crippen molar-refractivity contribution in [3.8, 4) is 0 Å². The summed E-state index contributed by atoms with van der Waals surface area (Å²) in [5.74, 6) is -0.166. The van der Waals surface area contributed by atoms with Crippen LogP contribution in [0.15, 0.2) is 0 Å². The number of hydrogen-bond acceptors (Lipinski definition) is 4. The van der Waals surface area contributed by atoms with Crippen LogP contribution in [0.4, 0.5) is 0 Å². The van der Waals surface area contributed by atoms with Crippen molar-refractivity contribution in [2.75, 3.05) is 19.8 Å². The Kier molecular flexibility index (Phi) is 9.09. The number of carbonyl (C=O) groups is 1. The zero-order chi connectivity index (χ0) is 13.1. The van der Waals surface area contributed by atoms with E-state index in [1.54, 1.807) is 6.92 Å². The molecule has 0 amide bonds. The van der Waals surface area contributed by atoms with E-state index in [4.69, 9.17) is 14.6 Å². The van der Waals surface area contributed by atoms with Crippen molar-refractivity contribution >= 4 is 5.97 Å². The summed E-state index contributed by atoms with van der Waals surface area (Å²) >= 11 is 0. The summed E-state index contributed by atoms with van der Waals surface area (Å²) in [6.45, 7) is 7.05. The van der Waals surface area contributed by atoms with Crippen LogP contribution in [0, 0.1) is 0 Å². The number of ether oxygens (including phenoxy) is 2. The van der Waals surface area contributed by atoms with Crippen LogP contribution in [0.1, 0.15) is 52.9 Å². The highest BCUT2D eigenvalue weighted by Crippen LogP contribution is 2.24. The van der Waals surface area contributed by atoms with Crippen molar-refractivity contribution in [2.24, 2.45) is 0 Å². The minimum Gasteiger partial charge on any atom is -0.466 e. The van der Waals surface area contributed by atoms with Crippen LogP contribution in [-0.2, 0) is 14.3 Å². The van der Waals surface area contributed by atoms with Crippen LogP contribution in [0.25, 0.3) is 0 Å². The molecule has 0 heterocycles. The lowest BCUT2D eigenvalue weighted by atomic mass is 9.93. The Balaban J connectivity index is 4.05. The molecule has 0 saturated heterocycles. The second-order valence-corrected chi connectivity index (χ2v) is 4.37. The Morgan fingerprint density at radius 3 is 2.41 bits per heavy atom. The van der Waals surface area contributed by atoms with E-state index in [-0.39, 0.29) is 18.2 Å². The smallest absolute Gasteiger partial charge is 0.305 e. The first-order valence-corrected chi connectivity index (χ1v) is 6.48. The molecule has 0 aliphatic heterocycles. The van der Waals surface area contributed by atoms with E-state index < -0.39 is 0 Å². The van der Waals surface area contributed by atoms with Gasteiger partial charge in [0, 0.05) is 19.6 Å². The summed E-state index contributed by atoms with van der Waals surface area (Å²) in [6, 6.07) is 0. The number of aliphatic hydroxyl groups is 1. The third kappa shape index (κ3) is 8.16. The standard InChI is InChI=1S/C13H26O4/c1-4-16-12(15)8-10-13(3,17-5-2)9-6-7-11-14/h14H,4-11H2,1-3H3. The number of carbonyl (C=O) groups excluding carboxylic acids is 1. The summed E-state index contributed by atoms with van der Waals surface area (Å²) in [7, 11) is 0. The van der Waals surface area contributed by atoms with Crippen LogP contribution in [0.5, 0.6) is 0 Å². The predicted octanol–water partition coefficient (Wildman–Crippen LogP) is 2.29. The summed E-state index contributed by atoms with van der Waals surface area (Å²) in [5, 5.41) is 8.77. The molecule has 1 N–H and O–H groups in total. The lowest BCUT2D eigenvalue weighted by Gasteiger charge is -2.29. The van der Waals surface area contributed by atoms with Gasteiger partial charge >= 0.3 is 5.97 Å². The second-order valence-electron chi connectivity index (χ2n) is 4.37. The van der Waals surface area contributed by atoms with Crippen molar-refractivity contribution in [2.45, 2.75) is 58.5 Å². The quantitative estimate of drug-likeness (QED) is 0.474. The van der Waals surface area contributed by atoms with Crippen molar-refractivity contribution < 1.29 is 19.4 Å². The lowest BCUT2D eigenvalue weighted by molar-refractivity contribution is -0.145. The van der Waals surface area contributed by atoms with Gasteiger partial charge in [0.25, 0.3) is 0 Å². The third-order valence-electron chi connectivity index (χ3n) is 2.77. The molecule has 0 fully saturated rings. The molecule has 0 bridgehead atoms. The average molecular weight is 246 g/mol. The largest absolute Gasteiger partial charge is 0.466 e. The Morgan fingerprint density at radius 2 is 1.88 bits per heavy atom. The third-order valence-corrected chi connectivity index (χ3v) is 2.77. The molecule has 17 heavy (non-hydrogen) atoms. The van der Waals surface area contributed by atoms with Crippen LogP contribution in [-0.4, -0.2) is 36.5 Å². The molecule has 0 aromatic rings. The molecule has 0 aliphatic carbocycles. The number of unbranched alkanes of at least 4 members (excludes halogenated alkanes) is 1. The van der Waals surface area contributed by atoms with Crippen molar-refractivity contribution in [3.63, 3.8) is 0 Å². The number of aliphatic hydroxyl groups excluding tert-OH is 1. The number of hydrogen-bond donors (Lipinski definition) is 1. The highest BCUT2D eigenvalue weighted by atomic mass is 16.5. The molecule has 0 aliphatic rings. The highest BCUT2D eigenvalue weighted by molar-refractivity contribution is 5.69.